The number of benzene rings is 1. The summed E-state index contributed by atoms with van der Waals surface area (Å²) < 4.78 is 2.10. The molecule has 1 aromatic carbocycles. The summed E-state index contributed by atoms with van der Waals surface area (Å²) in [5.74, 6) is 0.103. The van der Waals surface area contributed by atoms with Gasteiger partial charge in [-0.25, -0.2) is 4.98 Å². The predicted octanol–water partition coefficient (Wildman–Crippen LogP) is 3.20. The Balaban J connectivity index is 1.73. The van der Waals surface area contributed by atoms with E-state index in [1.807, 2.05) is 19.2 Å². The van der Waals surface area contributed by atoms with Gasteiger partial charge < -0.3 is 14.8 Å². The molecule has 2 heterocycles. The maximum atomic E-state index is 12.5. The normalized spacial score (nSPS) is 11.1. The lowest BCUT2D eigenvalue weighted by Crippen LogP contribution is -2.25. The largest absolute Gasteiger partial charge is 0.346 e. The number of hydrogen-bond acceptors (Lipinski definition) is 3. The third-order valence-electron chi connectivity index (χ3n) is 4.37. The molecule has 27 heavy (non-hydrogen) atoms. The number of likely N-dealkylation sites (N-methyl/N-ethyl adjacent to an activating group) is 1. The average Bonchev–Trinajstić information content (AvgIpc) is 2.96. The minimum atomic E-state index is -0.206. The van der Waals surface area contributed by atoms with Gasteiger partial charge in [-0.05, 0) is 35.7 Å². The molecular formula is C21H22N4O2. The Hall–Kier alpha value is -3.41. The van der Waals surface area contributed by atoms with Crippen LogP contribution in [0, 0.1) is 0 Å². The zero-order valence-corrected chi connectivity index (χ0v) is 15.6. The number of para-hydroxylation sites is 1. The SMILES string of the molecule is CC(=O)Nc1ncccc1C=CC(=O)N(C)Cc1cc2ccccc2n1C. The van der Waals surface area contributed by atoms with Crippen LogP contribution in [-0.2, 0) is 23.2 Å². The third kappa shape index (κ3) is 4.23. The minimum Gasteiger partial charge on any atom is -0.346 e. The van der Waals surface area contributed by atoms with Gasteiger partial charge in [-0.1, -0.05) is 18.2 Å². The summed E-state index contributed by atoms with van der Waals surface area (Å²) in [6, 6.07) is 13.8. The number of carbonyl (C=O) groups is 2. The van der Waals surface area contributed by atoms with Crippen molar-refractivity contribution in [3.05, 3.63) is 66.0 Å². The van der Waals surface area contributed by atoms with Gasteiger partial charge in [0.25, 0.3) is 0 Å². The molecule has 0 bridgehead atoms. The van der Waals surface area contributed by atoms with Crippen molar-refractivity contribution in [1.82, 2.24) is 14.5 Å². The van der Waals surface area contributed by atoms with Crippen LogP contribution in [0.1, 0.15) is 18.2 Å². The van der Waals surface area contributed by atoms with Crippen LogP contribution in [0.3, 0.4) is 0 Å². The van der Waals surface area contributed by atoms with Gasteiger partial charge in [0.15, 0.2) is 0 Å². The van der Waals surface area contributed by atoms with Gasteiger partial charge in [-0.3, -0.25) is 9.59 Å². The molecule has 0 aliphatic rings. The fourth-order valence-electron chi connectivity index (χ4n) is 2.93. The van der Waals surface area contributed by atoms with E-state index < -0.39 is 0 Å². The zero-order valence-electron chi connectivity index (χ0n) is 15.6. The molecular weight excluding hydrogens is 340 g/mol. The van der Waals surface area contributed by atoms with Gasteiger partial charge in [0.1, 0.15) is 5.82 Å². The number of nitrogens with zero attached hydrogens (tertiary/aromatic N) is 3. The highest BCUT2D eigenvalue weighted by molar-refractivity contribution is 5.94. The predicted molar refractivity (Wildman–Crippen MR) is 107 cm³/mol. The minimum absolute atomic E-state index is 0.127. The zero-order chi connectivity index (χ0) is 19.4. The second kappa shape index (κ2) is 7.86. The quantitative estimate of drug-likeness (QED) is 0.709. The van der Waals surface area contributed by atoms with Crippen LogP contribution in [0.25, 0.3) is 17.0 Å². The molecule has 0 spiro atoms. The molecule has 0 saturated carbocycles. The van der Waals surface area contributed by atoms with Crippen molar-refractivity contribution >= 4 is 34.6 Å². The fourth-order valence-corrected chi connectivity index (χ4v) is 2.93. The van der Waals surface area contributed by atoms with Gasteiger partial charge in [0.05, 0.1) is 6.54 Å². The van der Waals surface area contributed by atoms with E-state index in [0.29, 0.717) is 17.9 Å². The highest BCUT2D eigenvalue weighted by atomic mass is 16.2. The number of aryl methyl sites for hydroxylation is 1. The van der Waals surface area contributed by atoms with E-state index in [1.165, 1.54) is 13.0 Å². The first kappa shape index (κ1) is 18.4. The number of hydrogen-bond donors (Lipinski definition) is 1. The molecule has 2 amide bonds. The van der Waals surface area contributed by atoms with E-state index in [1.54, 1.807) is 36.4 Å². The van der Waals surface area contributed by atoms with Crippen molar-refractivity contribution in [3.8, 4) is 0 Å². The van der Waals surface area contributed by atoms with Gasteiger partial charge in [-0.15, -0.1) is 0 Å². The summed E-state index contributed by atoms with van der Waals surface area (Å²) in [6.07, 6.45) is 4.75. The van der Waals surface area contributed by atoms with Crippen molar-refractivity contribution in [1.29, 1.82) is 0 Å². The van der Waals surface area contributed by atoms with Gasteiger partial charge in [0.2, 0.25) is 11.8 Å². The first-order valence-electron chi connectivity index (χ1n) is 8.65. The first-order chi connectivity index (χ1) is 13.0. The summed E-state index contributed by atoms with van der Waals surface area (Å²) >= 11 is 0. The molecule has 0 radical (unpaired) electrons. The maximum absolute atomic E-state index is 12.5. The van der Waals surface area contributed by atoms with Crippen LogP contribution in [0.2, 0.25) is 0 Å². The molecule has 0 aliphatic carbocycles. The Kier molecular flexibility index (Phi) is 5.35. The van der Waals surface area contributed by atoms with E-state index in [0.717, 1.165) is 16.6 Å². The number of rotatable bonds is 5. The van der Waals surface area contributed by atoms with E-state index in [-0.39, 0.29) is 11.8 Å². The molecule has 0 saturated heterocycles. The number of anilines is 1. The van der Waals surface area contributed by atoms with E-state index in [4.69, 9.17) is 0 Å². The summed E-state index contributed by atoms with van der Waals surface area (Å²) in [7, 11) is 3.77. The number of nitrogens with one attached hydrogen (secondary N) is 1. The molecule has 3 rings (SSSR count). The van der Waals surface area contributed by atoms with Gasteiger partial charge >= 0.3 is 0 Å². The lowest BCUT2D eigenvalue weighted by Gasteiger charge is -2.16. The summed E-state index contributed by atoms with van der Waals surface area (Å²) in [5, 5.41) is 3.81. The van der Waals surface area contributed by atoms with Crippen LogP contribution in [-0.4, -0.2) is 33.3 Å². The van der Waals surface area contributed by atoms with E-state index in [9.17, 15) is 9.59 Å². The van der Waals surface area contributed by atoms with Crippen LogP contribution in [0.5, 0.6) is 0 Å². The second-order valence-electron chi connectivity index (χ2n) is 6.40. The monoisotopic (exact) mass is 362 g/mol. The lowest BCUT2D eigenvalue weighted by molar-refractivity contribution is -0.125. The molecule has 138 valence electrons. The van der Waals surface area contributed by atoms with Gasteiger partial charge in [0, 0.05) is 50.1 Å². The Labute approximate surface area is 158 Å². The van der Waals surface area contributed by atoms with Crippen LogP contribution in [0.4, 0.5) is 5.82 Å². The lowest BCUT2D eigenvalue weighted by atomic mass is 10.2. The average molecular weight is 362 g/mol. The number of amides is 2. The van der Waals surface area contributed by atoms with Crippen molar-refractivity contribution in [3.63, 3.8) is 0 Å². The Morgan fingerprint density at radius 3 is 2.74 bits per heavy atom. The fraction of sp³-hybridized carbons (Fsp3) is 0.190. The number of carbonyl (C=O) groups excluding carboxylic acids is 2. The van der Waals surface area contributed by atoms with Crippen LogP contribution < -0.4 is 5.32 Å². The summed E-state index contributed by atoms with van der Waals surface area (Å²) in [5.41, 5.74) is 2.87. The van der Waals surface area contributed by atoms with Crippen LogP contribution in [0.15, 0.2) is 54.7 Å². The highest BCUT2D eigenvalue weighted by Gasteiger charge is 2.11. The Morgan fingerprint density at radius 1 is 1.22 bits per heavy atom. The topological polar surface area (TPSA) is 67.2 Å². The molecule has 1 N–H and O–H groups in total. The Morgan fingerprint density at radius 2 is 2.00 bits per heavy atom. The molecule has 3 aromatic rings. The third-order valence-corrected chi connectivity index (χ3v) is 4.37. The smallest absolute Gasteiger partial charge is 0.246 e. The van der Waals surface area contributed by atoms with Crippen molar-refractivity contribution in [2.75, 3.05) is 12.4 Å². The maximum Gasteiger partial charge on any atom is 0.246 e. The molecule has 0 atom stereocenters. The number of pyridine rings is 1. The summed E-state index contributed by atoms with van der Waals surface area (Å²) in [6.45, 7) is 1.92. The molecule has 0 unspecified atom stereocenters. The van der Waals surface area contributed by atoms with Crippen LogP contribution >= 0.6 is 0 Å². The second-order valence-corrected chi connectivity index (χ2v) is 6.40. The van der Waals surface area contributed by atoms with E-state index in [2.05, 4.69) is 33.1 Å². The van der Waals surface area contributed by atoms with Crippen molar-refractivity contribution < 1.29 is 9.59 Å². The number of fused-ring (bicyclic) bond motifs is 1. The van der Waals surface area contributed by atoms with E-state index >= 15 is 0 Å². The van der Waals surface area contributed by atoms with Crippen molar-refractivity contribution in [2.24, 2.45) is 7.05 Å². The molecule has 6 heteroatoms. The summed E-state index contributed by atoms with van der Waals surface area (Å²) in [4.78, 5) is 29.6. The first-order valence-corrected chi connectivity index (χ1v) is 8.65. The Bertz CT molecular complexity index is 1020. The standard InChI is InChI=1S/C21H22N4O2/c1-15(26)23-21-16(8-6-12-22-21)10-11-20(27)24(2)14-18-13-17-7-4-5-9-19(17)25(18)3/h4-13H,14H2,1-3H3,(H,22,23,26). The number of aromatic nitrogens is 2. The molecule has 0 aliphatic heterocycles. The van der Waals surface area contributed by atoms with Crippen molar-refractivity contribution in [2.45, 2.75) is 13.5 Å². The molecule has 6 nitrogen and oxygen atoms in total. The highest BCUT2D eigenvalue weighted by Crippen LogP contribution is 2.19. The van der Waals surface area contributed by atoms with Gasteiger partial charge in [-0.2, -0.15) is 0 Å². The molecule has 0 fully saturated rings. The molecule has 2 aromatic heterocycles.